The lowest BCUT2D eigenvalue weighted by molar-refractivity contribution is 0.387. The molecule has 0 saturated heterocycles. The zero-order valence-electron chi connectivity index (χ0n) is 15.1. The van der Waals surface area contributed by atoms with E-state index in [2.05, 4.69) is 30.8 Å². The van der Waals surface area contributed by atoms with Crippen molar-refractivity contribution in [3.05, 3.63) is 53.5 Å². The van der Waals surface area contributed by atoms with Gasteiger partial charge in [-0.3, -0.25) is 0 Å². The van der Waals surface area contributed by atoms with Crippen LogP contribution in [0.2, 0.25) is 0 Å². The highest BCUT2D eigenvalue weighted by Crippen LogP contribution is 2.19. The summed E-state index contributed by atoms with van der Waals surface area (Å²) in [6.45, 7) is 7.37. The molecule has 0 aliphatic rings. The zero-order chi connectivity index (χ0) is 18.4. The van der Waals surface area contributed by atoms with Crippen LogP contribution in [0.3, 0.4) is 0 Å². The van der Waals surface area contributed by atoms with Gasteiger partial charge in [0.1, 0.15) is 12.0 Å². The first-order valence-corrected chi connectivity index (χ1v) is 8.47. The average Bonchev–Trinajstić information content (AvgIpc) is 3.27. The predicted molar refractivity (Wildman–Crippen MR) is 97.4 cm³/mol. The highest BCUT2D eigenvalue weighted by Gasteiger charge is 2.07. The highest BCUT2D eigenvalue weighted by molar-refractivity contribution is 5.79. The van der Waals surface area contributed by atoms with E-state index in [4.69, 9.17) is 8.94 Å². The second-order valence-electron chi connectivity index (χ2n) is 5.79. The monoisotopic (exact) mass is 354 g/mol. The van der Waals surface area contributed by atoms with Gasteiger partial charge in [-0.25, -0.2) is 9.98 Å². The molecule has 2 aromatic heterocycles. The molecule has 8 nitrogen and oxygen atoms in total. The fourth-order valence-corrected chi connectivity index (χ4v) is 2.29. The molecule has 0 atom stereocenters. The summed E-state index contributed by atoms with van der Waals surface area (Å²) in [6, 6.07) is 8.05. The number of rotatable bonds is 6. The summed E-state index contributed by atoms with van der Waals surface area (Å²) in [6.07, 6.45) is 1.63. The van der Waals surface area contributed by atoms with Crippen molar-refractivity contribution in [3.63, 3.8) is 0 Å². The van der Waals surface area contributed by atoms with E-state index >= 15 is 0 Å². The minimum Gasteiger partial charge on any atom is -0.444 e. The Kier molecular flexibility index (Phi) is 5.62. The fraction of sp³-hybridized carbons (Fsp3) is 0.333. The van der Waals surface area contributed by atoms with E-state index in [0.717, 1.165) is 17.8 Å². The third-order valence-corrected chi connectivity index (χ3v) is 3.58. The Balaban J connectivity index is 1.62. The molecule has 0 fully saturated rings. The van der Waals surface area contributed by atoms with Gasteiger partial charge in [0.2, 0.25) is 11.8 Å². The number of hydrogen-bond donors (Lipinski definition) is 2. The van der Waals surface area contributed by atoms with Crippen LogP contribution in [0.25, 0.3) is 11.5 Å². The van der Waals surface area contributed by atoms with E-state index in [1.165, 1.54) is 5.56 Å². The molecule has 0 unspecified atom stereocenters. The van der Waals surface area contributed by atoms with Crippen LogP contribution in [-0.4, -0.2) is 27.6 Å². The Morgan fingerprint density at radius 1 is 1.12 bits per heavy atom. The van der Waals surface area contributed by atoms with Gasteiger partial charge in [0.15, 0.2) is 11.8 Å². The summed E-state index contributed by atoms with van der Waals surface area (Å²) in [7, 11) is 0. The molecule has 8 heteroatoms. The van der Waals surface area contributed by atoms with Gasteiger partial charge in [-0.2, -0.15) is 4.98 Å². The fourth-order valence-electron chi connectivity index (χ4n) is 2.29. The molecule has 26 heavy (non-hydrogen) atoms. The van der Waals surface area contributed by atoms with Gasteiger partial charge in [0.05, 0.1) is 13.1 Å². The molecule has 0 saturated carbocycles. The molecule has 0 bridgehead atoms. The molecule has 136 valence electrons. The molecular formula is C18H22N6O2. The Hall–Kier alpha value is -3.16. The number of aliphatic imine (C=N–C) groups is 1. The van der Waals surface area contributed by atoms with Crippen molar-refractivity contribution in [2.24, 2.45) is 4.99 Å². The lowest BCUT2D eigenvalue weighted by Crippen LogP contribution is -2.37. The van der Waals surface area contributed by atoms with Crippen molar-refractivity contribution in [3.8, 4) is 11.5 Å². The van der Waals surface area contributed by atoms with E-state index in [9.17, 15) is 0 Å². The summed E-state index contributed by atoms with van der Waals surface area (Å²) in [5.74, 6) is 2.36. The Labute approximate surface area is 151 Å². The van der Waals surface area contributed by atoms with Gasteiger partial charge in [-0.15, -0.1) is 0 Å². The molecule has 0 amide bonds. The smallest absolute Gasteiger partial charge is 0.226 e. The molecular weight excluding hydrogens is 332 g/mol. The van der Waals surface area contributed by atoms with Crippen molar-refractivity contribution >= 4 is 5.96 Å². The van der Waals surface area contributed by atoms with Gasteiger partial charge >= 0.3 is 0 Å². The van der Waals surface area contributed by atoms with Gasteiger partial charge in [-0.1, -0.05) is 22.9 Å². The number of benzene rings is 1. The van der Waals surface area contributed by atoms with Crippen LogP contribution >= 0.6 is 0 Å². The summed E-state index contributed by atoms with van der Waals surface area (Å²) < 4.78 is 10.5. The van der Waals surface area contributed by atoms with Crippen LogP contribution in [0.1, 0.15) is 29.9 Å². The molecule has 2 heterocycles. The maximum absolute atomic E-state index is 5.56. The second-order valence-corrected chi connectivity index (χ2v) is 5.79. The summed E-state index contributed by atoms with van der Waals surface area (Å²) in [5, 5.41) is 10.2. The highest BCUT2D eigenvalue weighted by atomic mass is 16.5. The zero-order valence-corrected chi connectivity index (χ0v) is 15.1. The van der Waals surface area contributed by atoms with Gasteiger partial charge < -0.3 is 19.6 Å². The number of nitrogens with zero attached hydrogens (tertiary/aromatic N) is 4. The van der Waals surface area contributed by atoms with Gasteiger partial charge in [0.25, 0.3) is 0 Å². The molecule has 3 rings (SSSR count). The maximum atomic E-state index is 5.56. The molecule has 2 N–H and O–H groups in total. The molecule has 0 aliphatic carbocycles. The average molecular weight is 354 g/mol. The first-order valence-electron chi connectivity index (χ1n) is 8.47. The standard InChI is InChI=1S/C18H22N6O2/c1-4-19-18(21-10-16-22-13(3)26-24-16)20-9-15-11-25-17(23-15)14-7-5-12(2)6-8-14/h5-8,11H,4,9-10H2,1-3H3,(H2,19,20,21). The number of guanidine groups is 1. The number of hydrogen-bond acceptors (Lipinski definition) is 6. The number of aryl methyl sites for hydroxylation is 2. The third-order valence-electron chi connectivity index (χ3n) is 3.58. The Bertz CT molecular complexity index is 866. The van der Waals surface area contributed by atoms with Crippen LogP contribution in [0.15, 0.2) is 44.5 Å². The minimum absolute atomic E-state index is 0.399. The lowest BCUT2D eigenvalue weighted by atomic mass is 10.1. The van der Waals surface area contributed by atoms with Crippen molar-refractivity contribution in [2.75, 3.05) is 6.54 Å². The second kappa shape index (κ2) is 8.28. The van der Waals surface area contributed by atoms with E-state index in [0.29, 0.717) is 36.7 Å². The van der Waals surface area contributed by atoms with Crippen molar-refractivity contribution in [1.29, 1.82) is 0 Å². The largest absolute Gasteiger partial charge is 0.444 e. The molecule has 1 aromatic carbocycles. The Morgan fingerprint density at radius 2 is 1.92 bits per heavy atom. The number of nitrogens with one attached hydrogen (secondary N) is 2. The quantitative estimate of drug-likeness (QED) is 0.518. The van der Waals surface area contributed by atoms with Crippen LogP contribution in [0.5, 0.6) is 0 Å². The number of aromatic nitrogens is 3. The lowest BCUT2D eigenvalue weighted by Gasteiger charge is -2.08. The maximum Gasteiger partial charge on any atom is 0.226 e. The van der Waals surface area contributed by atoms with E-state index in [1.54, 1.807) is 13.2 Å². The molecule has 0 aliphatic heterocycles. The van der Waals surface area contributed by atoms with Gasteiger partial charge in [-0.05, 0) is 26.0 Å². The third kappa shape index (κ3) is 4.69. The van der Waals surface area contributed by atoms with E-state index in [-0.39, 0.29) is 0 Å². The van der Waals surface area contributed by atoms with Crippen molar-refractivity contribution < 1.29 is 8.94 Å². The molecule has 0 radical (unpaired) electrons. The number of oxazole rings is 1. The van der Waals surface area contributed by atoms with Crippen LogP contribution < -0.4 is 10.6 Å². The normalized spacial score (nSPS) is 11.6. The van der Waals surface area contributed by atoms with Crippen LogP contribution in [-0.2, 0) is 13.1 Å². The minimum atomic E-state index is 0.399. The summed E-state index contributed by atoms with van der Waals surface area (Å²) in [4.78, 5) is 13.2. The van der Waals surface area contributed by atoms with Crippen molar-refractivity contribution in [2.45, 2.75) is 33.9 Å². The van der Waals surface area contributed by atoms with Crippen LogP contribution in [0.4, 0.5) is 0 Å². The topological polar surface area (TPSA) is 101 Å². The van der Waals surface area contributed by atoms with Crippen LogP contribution in [0, 0.1) is 13.8 Å². The summed E-state index contributed by atoms with van der Waals surface area (Å²) in [5.41, 5.74) is 2.90. The first-order chi connectivity index (χ1) is 12.6. The van der Waals surface area contributed by atoms with Gasteiger partial charge in [0, 0.05) is 19.0 Å². The molecule has 0 spiro atoms. The van der Waals surface area contributed by atoms with E-state index < -0.39 is 0 Å². The predicted octanol–water partition coefficient (Wildman–Crippen LogP) is 2.60. The van der Waals surface area contributed by atoms with Crippen molar-refractivity contribution in [1.82, 2.24) is 25.8 Å². The molecule has 3 aromatic rings. The SMILES string of the molecule is CCNC(=NCc1coc(-c2ccc(C)cc2)n1)NCc1noc(C)n1. The van der Waals surface area contributed by atoms with E-state index in [1.807, 2.05) is 38.1 Å². The Morgan fingerprint density at radius 3 is 2.62 bits per heavy atom. The first kappa shape index (κ1) is 17.7. The summed E-state index contributed by atoms with van der Waals surface area (Å²) >= 11 is 0.